The van der Waals surface area contributed by atoms with Gasteiger partial charge >= 0.3 is 0 Å². The molecule has 1 atom stereocenters. The van der Waals surface area contributed by atoms with Gasteiger partial charge in [-0.15, -0.1) is 0 Å². The maximum Gasteiger partial charge on any atom is 0.121 e. The van der Waals surface area contributed by atoms with Crippen molar-refractivity contribution in [3.05, 3.63) is 28.8 Å². The molecule has 14 heavy (non-hydrogen) atoms. The van der Waals surface area contributed by atoms with E-state index in [0.29, 0.717) is 18.7 Å². The fourth-order valence-corrected chi connectivity index (χ4v) is 1.51. The van der Waals surface area contributed by atoms with E-state index in [1.807, 2.05) is 13.8 Å². The summed E-state index contributed by atoms with van der Waals surface area (Å²) in [6.07, 6.45) is 0.0157. The van der Waals surface area contributed by atoms with Crippen LogP contribution in [0.3, 0.4) is 0 Å². The number of rotatable bonds is 3. The second-order valence-corrected chi connectivity index (χ2v) is 3.60. The average molecular weight is 195 g/mol. The van der Waals surface area contributed by atoms with Gasteiger partial charge in [0.15, 0.2) is 0 Å². The van der Waals surface area contributed by atoms with Crippen molar-refractivity contribution in [3.8, 4) is 5.75 Å². The second kappa shape index (κ2) is 4.44. The first-order valence-electron chi connectivity index (χ1n) is 4.74. The number of hydrogen-bond donors (Lipinski definition) is 3. The molecule has 0 heterocycles. The van der Waals surface area contributed by atoms with Crippen LogP contribution in [-0.2, 0) is 0 Å². The van der Waals surface area contributed by atoms with Crippen molar-refractivity contribution in [2.75, 3.05) is 6.54 Å². The first-order chi connectivity index (χ1) is 6.56. The van der Waals surface area contributed by atoms with Crippen LogP contribution in [0.25, 0.3) is 0 Å². The highest BCUT2D eigenvalue weighted by Gasteiger charge is 2.10. The van der Waals surface area contributed by atoms with Crippen LogP contribution < -0.4 is 5.73 Å². The number of aryl methyl sites for hydroxylation is 2. The van der Waals surface area contributed by atoms with Crippen LogP contribution in [-0.4, -0.2) is 16.8 Å². The maximum atomic E-state index is 9.70. The van der Waals surface area contributed by atoms with E-state index in [-0.39, 0.29) is 0 Å². The summed E-state index contributed by atoms with van der Waals surface area (Å²) in [5.74, 6) is 0.300. The first-order valence-corrected chi connectivity index (χ1v) is 4.74. The lowest BCUT2D eigenvalue weighted by Gasteiger charge is -2.12. The van der Waals surface area contributed by atoms with Crippen molar-refractivity contribution in [2.24, 2.45) is 5.73 Å². The van der Waals surface area contributed by atoms with Crippen LogP contribution in [0.2, 0.25) is 0 Å². The monoisotopic (exact) mass is 195 g/mol. The summed E-state index contributed by atoms with van der Waals surface area (Å²) in [5.41, 5.74) is 7.76. The number of hydrogen-bond acceptors (Lipinski definition) is 3. The van der Waals surface area contributed by atoms with Crippen molar-refractivity contribution in [3.63, 3.8) is 0 Å². The van der Waals surface area contributed by atoms with Crippen LogP contribution in [0.15, 0.2) is 12.1 Å². The first kappa shape index (κ1) is 11.0. The van der Waals surface area contributed by atoms with E-state index in [9.17, 15) is 10.2 Å². The third-order valence-electron chi connectivity index (χ3n) is 2.34. The normalized spacial score (nSPS) is 12.9. The van der Waals surface area contributed by atoms with Gasteiger partial charge in [-0.3, -0.25) is 0 Å². The van der Waals surface area contributed by atoms with Crippen LogP contribution in [0.5, 0.6) is 5.75 Å². The molecule has 0 aromatic heterocycles. The van der Waals surface area contributed by atoms with Gasteiger partial charge in [-0.25, -0.2) is 0 Å². The van der Waals surface area contributed by atoms with E-state index < -0.39 is 6.10 Å². The van der Waals surface area contributed by atoms with E-state index in [1.165, 1.54) is 0 Å². The summed E-state index contributed by atoms with van der Waals surface area (Å²) in [6.45, 7) is 4.10. The van der Waals surface area contributed by atoms with Gasteiger partial charge in [0.05, 0.1) is 6.10 Å². The minimum atomic E-state index is -0.530. The number of aromatic hydroxyl groups is 1. The molecule has 1 rings (SSSR count). The van der Waals surface area contributed by atoms with Crippen LogP contribution in [0.1, 0.15) is 29.2 Å². The maximum absolute atomic E-state index is 9.70. The van der Waals surface area contributed by atoms with E-state index in [1.54, 1.807) is 12.1 Å². The Morgan fingerprint density at radius 2 is 1.79 bits per heavy atom. The van der Waals surface area contributed by atoms with Crippen molar-refractivity contribution < 1.29 is 10.2 Å². The number of phenolic OH excluding ortho intramolecular Hbond substituents is 1. The van der Waals surface area contributed by atoms with Gasteiger partial charge < -0.3 is 15.9 Å². The van der Waals surface area contributed by atoms with Gasteiger partial charge in [-0.05, 0) is 55.6 Å². The van der Waals surface area contributed by atoms with Crippen LogP contribution in [0, 0.1) is 13.8 Å². The Balaban J connectivity index is 3.00. The molecule has 1 aromatic carbocycles. The zero-order chi connectivity index (χ0) is 10.7. The molecule has 0 unspecified atom stereocenters. The van der Waals surface area contributed by atoms with E-state index in [0.717, 1.165) is 16.7 Å². The summed E-state index contributed by atoms with van der Waals surface area (Å²) in [4.78, 5) is 0. The Morgan fingerprint density at radius 3 is 2.21 bits per heavy atom. The summed E-state index contributed by atoms with van der Waals surface area (Å²) >= 11 is 0. The van der Waals surface area contributed by atoms with Crippen molar-refractivity contribution in [1.82, 2.24) is 0 Å². The third kappa shape index (κ3) is 2.25. The molecule has 0 spiro atoms. The molecule has 0 fully saturated rings. The number of aliphatic hydroxyl groups excluding tert-OH is 1. The topological polar surface area (TPSA) is 66.5 Å². The summed E-state index contributed by atoms with van der Waals surface area (Å²) in [6, 6.07) is 3.59. The zero-order valence-corrected chi connectivity index (χ0v) is 8.62. The molecule has 3 nitrogen and oxygen atoms in total. The molecule has 0 aliphatic rings. The lowest BCUT2D eigenvalue weighted by molar-refractivity contribution is 0.170. The molecule has 0 radical (unpaired) electrons. The number of phenols is 1. The third-order valence-corrected chi connectivity index (χ3v) is 2.34. The smallest absolute Gasteiger partial charge is 0.121 e. The molecular weight excluding hydrogens is 178 g/mol. The molecule has 0 saturated carbocycles. The van der Waals surface area contributed by atoms with Gasteiger partial charge in [-0.1, -0.05) is 0 Å². The fourth-order valence-electron chi connectivity index (χ4n) is 1.51. The Kier molecular flexibility index (Phi) is 3.49. The predicted octanol–water partition coefficient (Wildman–Crippen LogP) is 1.39. The molecular formula is C11H17NO2. The average Bonchev–Trinajstić information content (AvgIpc) is 2.13. The minimum absolute atomic E-state index is 0.300. The quantitative estimate of drug-likeness (QED) is 0.682. The van der Waals surface area contributed by atoms with E-state index >= 15 is 0 Å². The van der Waals surface area contributed by atoms with Crippen LogP contribution in [0.4, 0.5) is 0 Å². The molecule has 4 N–H and O–H groups in total. The lowest BCUT2D eigenvalue weighted by atomic mass is 10.0. The molecule has 0 aliphatic heterocycles. The standard InChI is InChI=1S/C11H17NO2/c1-7-5-9(10(13)3-4-12)6-8(2)11(7)14/h5-6,10,13-14H,3-4,12H2,1-2H3/t10-/m1/s1. The molecule has 0 saturated heterocycles. The van der Waals surface area contributed by atoms with Crippen molar-refractivity contribution in [1.29, 1.82) is 0 Å². The van der Waals surface area contributed by atoms with Crippen LogP contribution >= 0.6 is 0 Å². The highest BCUT2D eigenvalue weighted by atomic mass is 16.3. The molecule has 1 aromatic rings. The molecule has 0 bridgehead atoms. The summed E-state index contributed by atoms with van der Waals surface area (Å²) < 4.78 is 0. The molecule has 0 aliphatic carbocycles. The van der Waals surface area contributed by atoms with E-state index in [4.69, 9.17) is 5.73 Å². The van der Waals surface area contributed by atoms with E-state index in [2.05, 4.69) is 0 Å². The van der Waals surface area contributed by atoms with Gasteiger partial charge in [0.2, 0.25) is 0 Å². The number of nitrogens with two attached hydrogens (primary N) is 1. The zero-order valence-electron chi connectivity index (χ0n) is 8.62. The van der Waals surface area contributed by atoms with Crippen molar-refractivity contribution in [2.45, 2.75) is 26.4 Å². The largest absolute Gasteiger partial charge is 0.507 e. The second-order valence-electron chi connectivity index (χ2n) is 3.60. The number of aliphatic hydroxyl groups is 1. The van der Waals surface area contributed by atoms with Gasteiger partial charge in [0, 0.05) is 0 Å². The summed E-state index contributed by atoms with van der Waals surface area (Å²) in [7, 11) is 0. The van der Waals surface area contributed by atoms with Gasteiger partial charge in [0.1, 0.15) is 5.75 Å². The SMILES string of the molecule is Cc1cc([C@H](O)CCN)cc(C)c1O. The van der Waals surface area contributed by atoms with Crippen molar-refractivity contribution >= 4 is 0 Å². The molecule has 78 valence electrons. The fraction of sp³-hybridized carbons (Fsp3) is 0.455. The van der Waals surface area contributed by atoms with Gasteiger partial charge in [0.25, 0.3) is 0 Å². The molecule has 3 heteroatoms. The Hall–Kier alpha value is -1.06. The Labute approximate surface area is 84.2 Å². The van der Waals surface area contributed by atoms with Gasteiger partial charge in [-0.2, -0.15) is 0 Å². The Morgan fingerprint density at radius 1 is 1.29 bits per heavy atom. The highest BCUT2D eigenvalue weighted by molar-refractivity contribution is 5.42. The minimum Gasteiger partial charge on any atom is -0.507 e. The number of benzene rings is 1. The Bertz CT molecular complexity index is 300. The highest BCUT2D eigenvalue weighted by Crippen LogP contribution is 2.26. The lowest BCUT2D eigenvalue weighted by Crippen LogP contribution is -2.07. The summed E-state index contributed by atoms with van der Waals surface area (Å²) in [5, 5.41) is 19.2. The predicted molar refractivity (Wildman–Crippen MR) is 56.2 cm³/mol. The molecule has 0 amide bonds.